The molecule has 1 atom stereocenters. The van der Waals surface area contributed by atoms with Crippen LogP contribution in [-0.2, 0) is 15.8 Å². The molecule has 0 aromatic heterocycles. The third kappa shape index (κ3) is 4.44. The van der Waals surface area contributed by atoms with Gasteiger partial charge < -0.3 is 5.11 Å². The van der Waals surface area contributed by atoms with Crippen LogP contribution in [0.5, 0.6) is 0 Å². The van der Waals surface area contributed by atoms with E-state index in [1.165, 1.54) is 11.2 Å². The summed E-state index contributed by atoms with van der Waals surface area (Å²) in [4.78, 5) is 0. The number of rotatable bonds is 7. The van der Waals surface area contributed by atoms with Crippen LogP contribution in [0.4, 0.5) is 8.78 Å². The maximum Gasteiger partial charge on any atom is 0.279 e. The fourth-order valence-corrected chi connectivity index (χ4v) is 3.23. The molecule has 0 radical (unpaired) electrons. The summed E-state index contributed by atoms with van der Waals surface area (Å²) in [7, 11) is -3.76. The van der Waals surface area contributed by atoms with Crippen LogP contribution in [0.15, 0.2) is 18.2 Å². The van der Waals surface area contributed by atoms with E-state index in [2.05, 4.69) is 4.72 Å². The van der Waals surface area contributed by atoms with Crippen molar-refractivity contribution in [2.75, 3.05) is 19.6 Å². The van der Waals surface area contributed by atoms with Crippen LogP contribution in [0, 0.1) is 11.6 Å². The molecule has 1 rings (SSSR count). The van der Waals surface area contributed by atoms with Gasteiger partial charge in [0.2, 0.25) is 0 Å². The average Bonchev–Trinajstić information content (AvgIpc) is 2.37. The van der Waals surface area contributed by atoms with Crippen molar-refractivity contribution in [3.8, 4) is 0 Å². The van der Waals surface area contributed by atoms with E-state index in [1.54, 1.807) is 13.8 Å². The van der Waals surface area contributed by atoms with Gasteiger partial charge in [0.15, 0.2) is 0 Å². The summed E-state index contributed by atoms with van der Waals surface area (Å²) in [5, 5.41) is 10.2. The first-order valence-corrected chi connectivity index (χ1v) is 8.00. The molecule has 0 fully saturated rings. The van der Waals surface area contributed by atoms with Gasteiger partial charge in [-0.25, -0.2) is 8.78 Å². The van der Waals surface area contributed by atoms with Gasteiger partial charge in [0.1, 0.15) is 17.2 Å². The summed E-state index contributed by atoms with van der Waals surface area (Å²) in [6, 6.07) is 2.74. The van der Waals surface area contributed by atoms with Crippen molar-refractivity contribution in [3.63, 3.8) is 0 Å². The number of nitrogens with one attached hydrogen (secondary N) is 1. The summed E-state index contributed by atoms with van der Waals surface area (Å²) in [6.45, 7) is 4.75. The zero-order valence-corrected chi connectivity index (χ0v) is 13.0. The second-order valence-corrected chi connectivity index (χ2v) is 6.56. The highest BCUT2D eigenvalue weighted by atomic mass is 32.2. The predicted molar refractivity (Wildman–Crippen MR) is 75.8 cm³/mol. The molecular formula is C13H20F2N2O3S. The molecule has 0 saturated heterocycles. The number of nitrogens with zero attached hydrogens (tertiary/aromatic N) is 1. The Kier molecular flexibility index (Phi) is 5.80. The van der Waals surface area contributed by atoms with Gasteiger partial charge in [0.05, 0.1) is 0 Å². The standard InChI is InChI=1S/C13H20F2N2O3S/c1-4-17(5-2)21(19,20)16-9-13(3,18)11-7-6-10(14)8-12(11)15/h6-8,16,18H,4-5,9H2,1-3H3. The minimum Gasteiger partial charge on any atom is -0.384 e. The van der Waals surface area contributed by atoms with Crippen LogP contribution in [-0.4, -0.2) is 37.5 Å². The fraction of sp³-hybridized carbons (Fsp3) is 0.538. The summed E-state index contributed by atoms with van der Waals surface area (Å²) in [5.74, 6) is -1.70. The fourth-order valence-electron chi connectivity index (χ4n) is 1.91. The van der Waals surface area contributed by atoms with Crippen molar-refractivity contribution >= 4 is 10.2 Å². The van der Waals surface area contributed by atoms with Crippen LogP contribution in [0.1, 0.15) is 26.3 Å². The molecule has 5 nitrogen and oxygen atoms in total. The maximum absolute atomic E-state index is 13.7. The smallest absolute Gasteiger partial charge is 0.279 e. The lowest BCUT2D eigenvalue weighted by molar-refractivity contribution is 0.0583. The zero-order chi connectivity index (χ0) is 16.3. The second kappa shape index (κ2) is 6.78. The molecule has 0 heterocycles. The minimum absolute atomic E-state index is 0.175. The van der Waals surface area contributed by atoms with Gasteiger partial charge >= 0.3 is 0 Å². The van der Waals surface area contributed by atoms with Gasteiger partial charge in [-0.2, -0.15) is 17.4 Å². The molecule has 0 bridgehead atoms. The summed E-state index contributed by atoms with van der Waals surface area (Å²) >= 11 is 0. The number of hydrogen-bond acceptors (Lipinski definition) is 3. The lowest BCUT2D eigenvalue weighted by Crippen LogP contribution is -2.46. The molecule has 120 valence electrons. The van der Waals surface area contributed by atoms with Crippen LogP contribution in [0.3, 0.4) is 0 Å². The molecule has 0 spiro atoms. The molecule has 0 saturated carbocycles. The average molecular weight is 322 g/mol. The third-order valence-electron chi connectivity index (χ3n) is 3.16. The summed E-state index contributed by atoms with van der Waals surface area (Å²) < 4.78 is 53.9. The minimum atomic E-state index is -3.76. The number of aliphatic hydroxyl groups is 1. The largest absolute Gasteiger partial charge is 0.384 e. The highest BCUT2D eigenvalue weighted by Gasteiger charge is 2.30. The van der Waals surface area contributed by atoms with Gasteiger partial charge in [0, 0.05) is 31.3 Å². The van der Waals surface area contributed by atoms with Crippen molar-refractivity contribution in [2.24, 2.45) is 0 Å². The van der Waals surface area contributed by atoms with Crippen LogP contribution in [0.25, 0.3) is 0 Å². The lowest BCUT2D eigenvalue weighted by atomic mass is 9.96. The molecule has 0 aliphatic rings. The van der Waals surface area contributed by atoms with E-state index in [9.17, 15) is 22.3 Å². The van der Waals surface area contributed by atoms with Gasteiger partial charge in [0.25, 0.3) is 10.2 Å². The van der Waals surface area contributed by atoms with E-state index in [4.69, 9.17) is 0 Å². The van der Waals surface area contributed by atoms with Crippen LogP contribution < -0.4 is 4.72 Å². The third-order valence-corrected chi connectivity index (χ3v) is 4.86. The van der Waals surface area contributed by atoms with Gasteiger partial charge in [-0.1, -0.05) is 19.9 Å². The van der Waals surface area contributed by atoms with Crippen molar-refractivity contribution in [3.05, 3.63) is 35.4 Å². The molecule has 1 aromatic carbocycles. The highest BCUT2D eigenvalue weighted by Crippen LogP contribution is 2.23. The monoisotopic (exact) mass is 322 g/mol. The zero-order valence-electron chi connectivity index (χ0n) is 12.2. The molecule has 1 unspecified atom stereocenters. The van der Waals surface area contributed by atoms with E-state index >= 15 is 0 Å². The Morgan fingerprint density at radius 1 is 1.29 bits per heavy atom. The predicted octanol–water partition coefficient (Wildman–Crippen LogP) is 1.35. The van der Waals surface area contributed by atoms with E-state index in [1.807, 2.05) is 0 Å². The van der Waals surface area contributed by atoms with Gasteiger partial charge in [-0.05, 0) is 13.0 Å². The van der Waals surface area contributed by atoms with Crippen LogP contribution in [0.2, 0.25) is 0 Å². The lowest BCUT2D eigenvalue weighted by Gasteiger charge is -2.27. The maximum atomic E-state index is 13.7. The van der Waals surface area contributed by atoms with E-state index in [0.29, 0.717) is 6.07 Å². The Morgan fingerprint density at radius 3 is 2.33 bits per heavy atom. The van der Waals surface area contributed by atoms with Gasteiger partial charge in [-0.3, -0.25) is 0 Å². The Morgan fingerprint density at radius 2 is 1.86 bits per heavy atom. The molecule has 0 aliphatic heterocycles. The first-order valence-electron chi connectivity index (χ1n) is 6.56. The SMILES string of the molecule is CCN(CC)S(=O)(=O)NCC(C)(O)c1ccc(F)cc1F. The molecular weight excluding hydrogens is 302 g/mol. The Balaban J connectivity index is 2.91. The van der Waals surface area contributed by atoms with E-state index in [0.717, 1.165) is 12.1 Å². The van der Waals surface area contributed by atoms with Crippen LogP contribution >= 0.6 is 0 Å². The van der Waals surface area contributed by atoms with Crippen molar-refractivity contribution in [1.29, 1.82) is 0 Å². The number of hydrogen-bond donors (Lipinski definition) is 2. The summed E-state index contributed by atoms with van der Waals surface area (Å²) in [5.41, 5.74) is -1.97. The first kappa shape index (κ1) is 18.0. The topological polar surface area (TPSA) is 69.6 Å². The molecule has 1 aromatic rings. The Hall–Kier alpha value is -1.09. The summed E-state index contributed by atoms with van der Waals surface area (Å²) in [6.07, 6.45) is 0. The van der Waals surface area contributed by atoms with Crippen molar-refractivity contribution in [2.45, 2.75) is 26.4 Å². The van der Waals surface area contributed by atoms with Crippen molar-refractivity contribution < 1.29 is 22.3 Å². The first-order chi connectivity index (χ1) is 9.64. The molecule has 2 N–H and O–H groups in total. The number of benzene rings is 1. The second-order valence-electron chi connectivity index (χ2n) is 4.81. The van der Waals surface area contributed by atoms with E-state index < -0.39 is 34.0 Å². The van der Waals surface area contributed by atoms with E-state index in [-0.39, 0.29) is 18.7 Å². The number of halogens is 2. The molecule has 21 heavy (non-hydrogen) atoms. The quantitative estimate of drug-likeness (QED) is 0.796. The van der Waals surface area contributed by atoms with Gasteiger partial charge in [-0.15, -0.1) is 0 Å². The Labute approximate surface area is 123 Å². The van der Waals surface area contributed by atoms with Crippen molar-refractivity contribution in [1.82, 2.24) is 9.03 Å². The molecule has 0 aliphatic carbocycles. The molecule has 0 amide bonds. The normalized spacial score (nSPS) is 15.2. The molecule has 8 heteroatoms. The Bertz CT molecular complexity index is 587. The highest BCUT2D eigenvalue weighted by molar-refractivity contribution is 7.87.